The zero-order chi connectivity index (χ0) is 17.2. The average Bonchev–Trinajstić information content (AvgIpc) is 3.27. The molecule has 0 amide bonds. The summed E-state index contributed by atoms with van der Waals surface area (Å²) in [4.78, 5) is 2.22. The molecule has 1 aromatic heterocycles. The Kier molecular flexibility index (Phi) is 4.42. The maximum Gasteiger partial charge on any atom is 0.177 e. The van der Waals surface area contributed by atoms with E-state index in [1.807, 2.05) is 35.1 Å². The monoisotopic (exact) mass is 354 g/mol. The molecule has 128 valence electrons. The zero-order valence-electron chi connectivity index (χ0n) is 14.0. The van der Waals surface area contributed by atoms with Gasteiger partial charge in [0.15, 0.2) is 6.23 Å². The molecule has 1 aliphatic rings. The van der Waals surface area contributed by atoms with Crippen molar-refractivity contribution in [2.24, 2.45) is 0 Å². The fourth-order valence-electron chi connectivity index (χ4n) is 3.00. The van der Waals surface area contributed by atoms with Crippen molar-refractivity contribution >= 4 is 17.3 Å². The molecule has 0 radical (unpaired) electrons. The van der Waals surface area contributed by atoms with Crippen LogP contribution in [0.5, 0.6) is 0 Å². The normalized spacial score (nSPS) is 17.2. The van der Waals surface area contributed by atoms with Crippen LogP contribution in [0, 0.1) is 6.92 Å². The van der Waals surface area contributed by atoms with Crippen molar-refractivity contribution in [3.63, 3.8) is 0 Å². The highest BCUT2D eigenvalue weighted by atomic mass is 35.5. The molecule has 6 heteroatoms. The third-order valence-corrected chi connectivity index (χ3v) is 4.58. The van der Waals surface area contributed by atoms with E-state index in [4.69, 9.17) is 16.3 Å². The lowest BCUT2D eigenvalue weighted by atomic mass is 10.2. The first-order chi connectivity index (χ1) is 12.2. The van der Waals surface area contributed by atoms with Gasteiger partial charge in [-0.05, 0) is 36.8 Å². The number of aryl methyl sites for hydroxylation is 1. The minimum atomic E-state index is -0.193. The van der Waals surface area contributed by atoms with Gasteiger partial charge in [0.2, 0.25) is 0 Å². The smallest absolute Gasteiger partial charge is 0.177 e. The van der Waals surface area contributed by atoms with E-state index in [2.05, 4.69) is 46.4 Å². The predicted molar refractivity (Wildman–Crippen MR) is 97.8 cm³/mol. The summed E-state index contributed by atoms with van der Waals surface area (Å²) in [5.41, 5.74) is 4.34. The van der Waals surface area contributed by atoms with Crippen LogP contribution in [0.25, 0.3) is 0 Å². The molecule has 5 nitrogen and oxygen atoms in total. The summed E-state index contributed by atoms with van der Waals surface area (Å²) >= 11 is 5.93. The summed E-state index contributed by atoms with van der Waals surface area (Å²) in [7, 11) is 0. The first-order valence-corrected chi connectivity index (χ1v) is 8.66. The van der Waals surface area contributed by atoms with E-state index in [0.717, 1.165) is 28.5 Å². The molecule has 2 aromatic carbocycles. The Morgan fingerprint density at radius 2 is 1.88 bits per heavy atom. The molecule has 0 bridgehead atoms. The second-order valence-corrected chi connectivity index (χ2v) is 6.66. The van der Waals surface area contributed by atoms with E-state index >= 15 is 0 Å². The molecular formula is C19H19ClN4O. The lowest BCUT2D eigenvalue weighted by molar-refractivity contribution is 0.110. The van der Waals surface area contributed by atoms with Crippen LogP contribution in [0.4, 0.5) is 5.69 Å². The third kappa shape index (κ3) is 3.52. The Labute approximate surface area is 151 Å². The fourth-order valence-corrected chi connectivity index (χ4v) is 3.12. The third-order valence-electron chi connectivity index (χ3n) is 4.32. The largest absolute Gasteiger partial charge is 0.350 e. The Balaban J connectivity index is 1.52. The highest BCUT2D eigenvalue weighted by Crippen LogP contribution is 2.31. The molecule has 25 heavy (non-hydrogen) atoms. The van der Waals surface area contributed by atoms with Crippen molar-refractivity contribution in [2.75, 3.05) is 18.1 Å². The average molecular weight is 355 g/mol. The van der Waals surface area contributed by atoms with Gasteiger partial charge in [0.25, 0.3) is 0 Å². The van der Waals surface area contributed by atoms with Crippen LogP contribution >= 0.6 is 11.6 Å². The SMILES string of the molecule is Cc1ccc(N2CCOC2c2cn(Cc3ccc(Cl)cc3)nn2)cc1. The van der Waals surface area contributed by atoms with Gasteiger partial charge in [0.1, 0.15) is 5.69 Å². The van der Waals surface area contributed by atoms with Gasteiger partial charge in [-0.2, -0.15) is 0 Å². The number of halogens is 1. The van der Waals surface area contributed by atoms with E-state index in [9.17, 15) is 0 Å². The van der Waals surface area contributed by atoms with Crippen LogP contribution in [0.1, 0.15) is 23.0 Å². The summed E-state index contributed by atoms with van der Waals surface area (Å²) in [6, 6.07) is 16.2. The second kappa shape index (κ2) is 6.86. The number of hydrogen-bond acceptors (Lipinski definition) is 4. The summed E-state index contributed by atoms with van der Waals surface area (Å²) in [5, 5.41) is 9.31. The molecule has 0 spiro atoms. The first kappa shape index (κ1) is 16.1. The van der Waals surface area contributed by atoms with Crippen LogP contribution in [0.2, 0.25) is 5.02 Å². The van der Waals surface area contributed by atoms with Crippen LogP contribution in [0.3, 0.4) is 0 Å². The summed E-state index contributed by atoms with van der Waals surface area (Å²) in [6.45, 7) is 4.27. The zero-order valence-corrected chi connectivity index (χ0v) is 14.7. The molecule has 2 heterocycles. The quantitative estimate of drug-likeness (QED) is 0.714. The second-order valence-electron chi connectivity index (χ2n) is 6.22. The Morgan fingerprint density at radius 1 is 1.12 bits per heavy atom. The number of anilines is 1. The number of benzene rings is 2. The lowest BCUT2D eigenvalue weighted by Crippen LogP contribution is -2.23. The minimum Gasteiger partial charge on any atom is -0.350 e. The van der Waals surface area contributed by atoms with Crippen molar-refractivity contribution in [2.45, 2.75) is 19.7 Å². The van der Waals surface area contributed by atoms with E-state index in [1.165, 1.54) is 5.56 Å². The van der Waals surface area contributed by atoms with Crippen LogP contribution in [0.15, 0.2) is 54.7 Å². The van der Waals surface area contributed by atoms with E-state index in [1.54, 1.807) is 0 Å². The Bertz CT molecular complexity index is 845. The lowest BCUT2D eigenvalue weighted by Gasteiger charge is -2.23. The van der Waals surface area contributed by atoms with Gasteiger partial charge in [-0.3, -0.25) is 0 Å². The maximum atomic E-state index is 5.93. The van der Waals surface area contributed by atoms with Gasteiger partial charge >= 0.3 is 0 Å². The van der Waals surface area contributed by atoms with Gasteiger partial charge in [0.05, 0.1) is 19.3 Å². The maximum absolute atomic E-state index is 5.93. The van der Waals surface area contributed by atoms with E-state index in [0.29, 0.717) is 13.2 Å². The van der Waals surface area contributed by atoms with Crippen molar-refractivity contribution in [1.29, 1.82) is 0 Å². The summed E-state index contributed by atoms with van der Waals surface area (Å²) in [5.74, 6) is 0. The number of nitrogens with zero attached hydrogens (tertiary/aromatic N) is 4. The molecule has 0 saturated carbocycles. The van der Waals surface area contributed by atoms with Crippen molar-refractivity contribution in [3.05, 3.63) is 76.6 Å². The summed E-state index contributed by atoms with van der Waals surface area (Å²) in [6.07, 6.45) is 1.76. The minimum absolute atomic E-state index is 0.193. The van der Waals surface area contributed by atoms with Gasteiger partial charge in [-0.15, -0.1) is 5.10 Å². The number of ether oxygens (including phenoxy) is 1. The van der Waals surface area contributed by atoms with E-state index < -0.39 is 0 Å². The molecule has 1 aliphatic heterocycles. The molecule has 1 unspecified atom stereocenters. The Morgan fingerprint density at radius 3 is 2.64 bits per heavy atom. The van der Waals surface area contributed by atoms with Crippen LogP contribution in [-0.2, 0) is 11.3 Å². The van der Waals surface area contributed by atoms with Crippen LogP contribution < -0.4 is 4.90 Å². The molecular weight excluding hydrogens is 336 g/mol. The van der Waals surface area contributed by atoms with Crippen molar-refractivity contribution in [1.82, 2.24) is 15.0 Å². The van der Waals surface area contributed by atoms with Crippen molar-refractivity contribution in [3.8, 4) is 0 Å². The molecule has 0 N–H and O–H groups in total. The van der Waals surface area contributed by atoms with Crippen LogP contribution in [-0.4, -0.2) is 28.1 Å². The highest BCUT2D eigenvalue weighted by Gasteiger charge is 2.29. The number of aromatic nitrogens is 3. The first-order valence-electron chi connectivity index (χ1n) is 8.28. The Hall–Kier alpha value is -2.37. The topological polar surface area (TPSA) is 43.2 Å². The fraction of sp³-hybridized carbons (Fsp3) is 0.263. The van der Waals surface area contributed by atoms with Gasteiger partial charge in [-0.25, -0.2) is 4.68 Å². The number of hydrogen-bond donors (Lipinski definition) is 0. The molecule has 3 aromatic rings. The standard InChI is InChI=1S/C19H19ClN4O/c1-14-2-8-17(9-3-14)24-10-11-25-19(24)18-13-23(22-21-18)12-15-4-6-16(20)7-5-15/h2-9,13,19H,10-12H2,1H3. The van der Waals surface area contributed by atoms with Gasteiger partial charge in [-0.1, -0.05) is 46.6 Å². The molecule has 1 atom stereocenters. The summed E-state index contributed by atoms with van der Waals surface area (Å²) < 4.78 is 7.74. The highest BCUT2D eigenvalue weighted by molar-refractivity contribution is 6.30. The van der Waals surface area contributed by atoms with E-state index in [-0.39, 0.29) is 6.23 Å². The molecule has 1 fully saturated rings. The number of rotatable bonds is 4. The molecule has 1 saturated heterocycles. The predicted octanol–water partition coefficient (Wildman–Crippen LogP) is 3.82. The molecule has 0 aliphatic carbocycles. The molecule has 4 rings (SSSR count). The van der Waals surface area contributed by atoms with Gasteiger partial charge < -0.3 is 9.64 Å². The van der Waals surface area contributed by atoms with Gasteiger partial charge in [0, 0.05) is 17.3 Å². The van der Waals surface area contributed by atoms with Crippen molar-refractivity contribution < 1.29 is 4.74 Å².